The van der Waals surface area contributed by atoms with Crippen LogP contribution >= 0.6 is 33.9 Å². The van der Waals surface area contributed by atoms with Crippen LogP contribution < -0.4 is 5.32 Å². The van der Waals surface area contributed by atoms with Gasteiger partial charge in [-0.05, 0) is 46.9 Å². The highest BCUT2D eigenvalue weighted by atomic mass is 127. The maximum Gasteiger partial charge on any atom is 0.257 e. The molecule has 0 aliphatic carbocycles. The third kappa shape index (κ3) is 3.03. The fourth-order valence-corrected chi connectivity index (χ4v) is 3.25. The zero-order valence-corrected chi connectivity index (χ0v) is 13.3. The SMILES string of the molecule is O=C(Nc1nc2c(F)cc(F)cc2s1)c1cccc(I)c1. The van der Waals surface area contributed by atoms with Crippen LogP contribution in [0.5, 0.6) is 0 Å². The number of hydrogen-bond acceptors (Lipinski definition) is 3. The van der Waals surface area contributed by atoms with Gasteiger partial charge < -0.3 is 0 Å². The zero-order chi connectivity index (χ0) is 15.0. The minimum absolute atomic E-state index is 0.0549. The van der Waals surface area contributed by atoms with Crippen LogP contribution in [0, 0.1) is 15.2 Å². The highest BCUT2D eigenvalue weighted by Crippen LogP contribution is 2.29. The predicted molar refractivity (Wildman–Crippen MR) is 86.6 cm³/mol. The van der Waals surface area contributed by atoms with Gasteiger partial charge in [-0.15, -0.1) is 0 Å². The fourth-order valence-electron chi connectivity index (χ4n) is 1.81. The first-order valence-corrected chi connectivity index (χ1v) is 7.75. The van der Waals surface area contributed by atoms with Gasteiger partial charge in [-0.1, -0.05) is 17.4 Å². The number of carbonyl (C=O) groups is 1. The van der Waals surface area contributed by atoms with E-state index in [0.717, 1.165) is 21.0 Å². The van der Waals surface area contributed by atoms with Gasteiger partial charge in [-0.25, -0.2) is 13.8 Å². The fraction of sp³-hybridized carbons (Fsp3) is 0. The molecule has 0 spiro atoms. The Hall–Kier alpha value is -1.61. The van der Waals surface area contributed by atoms with E-state index in [9.17, 15) is 13.6 Å². The average molecular weight is 416 g/mol. The van der Waals surface area contributed by atoms with Crippen molar-refractivity contribution in [3.63, 3.8) is 0 Å². The van der Waals surface area contributed by atoms with E-state index in [0.29, 0.717) is 10.3 Å². The van der Waals surface area contributed by atoms with Crippen molar-refractivity contribution in [3.8, 4) is 0 Å². The standard InChI is InChI=1S/C14H7F2IN2OS/c15-8-5-10(16)12-11(6-8)21-14(18-12)19-13(20)7-2-1-3-9(17)4-7/h1-6H,(H,18,19,20). The highest BCUT2D eigenvalue weighted by molar-refractivity contribution is 14.1. The van der Waals surface area contributed by atoms with Crippen LogP contribution in [0.4, 0.5) is 13.9 Å². The van der Waals surface area contributed by atoms with Crippen molar-refractivity contribution in [3.05, 3.63) is 57.2 Å². The van der Waals surface area contributed by atoms with Crippen LogP contribution in [-0.2, 0) is 0 Å². The van der Waals surface area contributed by atoms with E-state index in [2.05, 4.69) is 32.9 Å². The van der Waals surface area contributed by atoms with E-state index in [1.54, 1.807) is 18.2 Å². The lowest BCUT2D eigenvalue weighted by molar-refractivity contribution is 0.102. The molecule has 0 saturated carbocycles. The van der Waals surface area contributed by atoms with E-state index in [1.165, 1.54) is 6.07 Å². The molecule has 1 heterocycles. The van der Waals surface area contributed by atoms with Crippen molar-refractivity contribution in [2.24, 2.45) is 0 Å². The summed E-state index contributed by atoms with van der Waals surface area (Å²) in [6.07, 6.45) is 0. The minimum Gasteiger partial charge on any atom is -0.298 e. The first-order chi connectivity index (χ1) is 10.0. The highest BCUT2D eigenvalue weighted by Gasteiger charge is 2.13. The molecule has 0 radical (unpaired) electrons. The summed E-state index contributed by atoms with van der Waals surface area (Å²) in [5, 5.41) is 2.83. The second kappa shape index (κ2) is 5.64. The molecule has 0 atom stereocenters. The molecular formula is C14H7F2IN2OS. The molecule has 0 bridgehead atoms. The lowest BCUT2D eigenvalue weighted by atomic mass is 10.2. The molecule has 3 aromatic rings. The first kappa shape index (κ1) is 14.3. The third-order valence-electron chi connectivity index (χ3n) is 2.72. The van der Waals surface area contributed by atoms with Gasteiger partial charge in [0.2, 0.25) is 0 Å². The van der Waals surface area contributed by atoms with Crippen LogP contribution in [0.15, 0.2) is 36.4 Å². The number of anilines is 1. The summed E-state index contributed by atoms with van der Waals surface area (Å²) in [4.78, 5) is 16.1. The smallest absolute Gasteiger partial charge is 0.257 e. The molecule has 3 nitrogen and oxygen atoms in total. The molecule has 7 heteroatoms. The van der Waals surface area contributed by atoms with Crippen molar-refractivity contribution in [1.29, 1.82) is 0 Å². The van der Waals surface area contributed by atoms with Crippen molar-refractivity contribution in [1.82, 2.24) is 4.98 Å². The van der Waals surface area contributed by atoms with E-state index in [-0.39, 0.29) is 16.6 Å². The van der Waals surface area contributed by atoms with Gasteiger partial charge in [0.15, 0.2) is 10.9 Å². The molecule has 2 aromatic carbocycles. The largest absolute Gasteiger partial charge is 0.298 e. The Labute approximate surface area is 136 Å². The minimum atomic E-state index is -0.740. The average Bonchev–Trinajstić information content (AvgIpc) is 2.81. The van der Waals surface area contributed by atoms with Crippen molar-refractivity contribution in [2.75, 3.05) is 5.32 Å². The Bertz CT molecular complexity index is 850. The number of fused-ring (bicyclic) bond motifs is 1. The number of hydrogen-bond donors (Lipinski definition) is 1. The molecular weight excluding hydrogens is 409 g/mol. The summed E-state index contributed by atoms with van der Waals surface area (Å²) in [7, 11) is 0. The molecule has 3 rings (SSSR count). The van der Waals surface area contributed by atoms with Gasteiger partial charge in [-0.3, -0.25) is 10.1 Å². The second-order valence-electron chi connectivity index (χ2n) is 4.22. The van der Waals surface area contributed by atoms with Crippen LogP contribution in [0.2, 0.25) is 0 Å². The molecule has 0 saturated heterocycles. The Morgan fingerprint density at radius 2 is 2.05 bits per heavy atom. The summed E-state index contributed by atoms with van der Waals surface area (Å²) in [6.45, 7) is 0. The number of carbonyl (C=O) groups excluding carboxylic acids is 1. The maximum atomic E-state index is 13.6. The van der Waals surface area contributed by atoms with Gasteiger partial charge in [-0.2, -0.15) is 0 Å². The summed E-state index contributed by atoms with van der Waals surface area (Å²) in [5.74, 6) is -1.75. The number of benzene rings is 2. The number of aromatic nitrogens is 1. The second-order valence-corrected chi connectivity index (χ2v) is 6.49. The Morgan fingerprint density at radius 1 is 1.24 bits per heavy atom. The molecule has 21 heavy (non-hydrogen) atoms. The molecule has 1 aromatic heterocycles. The molecule has 1 amide bonds. The predicted octanol–water partition coefficient (Wildman–Crippen LogP) is 4.43. The van der Waals surface area contributed by atoms with Crippen molar-refractivity contribution in [2.45, 2.75) is 0 Å². The monoisotopic (exact) mass is 416 g/mol. The summed E-state index contributed by atoms with van der Waals surface area (Å²) < 4.78 is 28.0. The number of nitrogens with zero attached hydrogens (tertiary/aromatic N) is 1. The first-order valence-electron chi connectivity index (χ1n) is 5.85. The molecule has 0 aliphatic rings. The summed E-state index contributed by atoms with van der Waals surface area (Å²) in [6, 6.07) is 9.00. The number of rotatable bonds is 2. The summed E-state index contributed by atoms with van der Waals surface area (Å²) in [5.41, 5.74) is 0.534. The van der Waals surface area contributed by atoms with E-state index < -0.39 is 11.6 Å². The summed E-state index contributed by atoms with van der Waals surface area (Å²) >= 11 is 3.13. The van der Waals surface area contributed by atoms with E-state index >= 15 is 0 Å². The molecule has 0 aliphatic heterocycles. The maximum absolute atomic E-state index is 13.6. The van der Waals surface area contributed by atoms with Crippen molar-refractivity contribution >= 4 is 55.2 Å². The van der Waals surface area contributed by atoms with E-state index in [4.69, 9.17) is 0 Å². The van der Waals surface area contributed by atoms with Gasteiger partial charge in [0, 0.05) is 15.2 Å². The number of halogens is 3. The Balaban J connectivity index is 1.91. The lowest BCUT2D eigenvalue weighted by Crippen LogP contribution is -2.11. The normalized spacial score (nSPS) is 10.8. The molecule has 106 valence electrons. The number of nitrogens with one attached hydrogen (secondary N) is 1. The Kier molecular flexibility index (Phi) is 3.85. The quantitative estimate of drug-likeness (QED) is 0.629. The lowest BCUT2D eigenvalue weighted by Gasteiger charge is -2.01. The number of amides is 1. The third-order valence-corrected chi connectivity index (χ3v) is 4.31. The number of thiazole rings is 1. The van der Waals surface area contributed by atoms with Crippen LogP contribution in [0.1, 0.15) is 10.4 Å². The molecule has 0 unspecified atom stereocenters. The van der Waals surface area contributed by atoms with Gasteiger partial charge in [0.1, 0.15) is 11.3 Å². The van der Waals surface area contributed by atoms with Crippen LogP contribution in [0.25, 0.3) is 10.2 Å². The van der Waals surface area contributed by atoms with Crippen molar-refractivity contribution < 1.29 is 13.6 Å². The van der Waals surface area contributed by atoms with Crippen LogP contribution in [-0.4, -0.2) is 10.9 Å². The van der Waals surface area contributed by atoms with Gasteiger partial charge in [0.25, 0.3) is 5.91 Å². The molecule has 1 N–H and O–H groups in total. The van der Waals surface area contributed by atoms with Gasteiger partial charge in [0.05, 0.1) is 4.70 Å². The molecule has 0 fully saturated rings. The van der Waals surface area contributed by atoms with Gasteiger partial charge >= 0.3 is 0 Å². The topological polar surface area (TPSA) is 42.0 Å². The van der Waals surface area contributed by atoms with Crippen LogP contribution in [0.3, 0.4) is 0 Å². The van der Waals surface area contributed by atoms with E-state index in [1.807, 2.05) is 6.07 Å². The Morgan fingerprint density at radius 3 is 2.81 bits per heavy atom. The zero-order valence-electron chi connectivity index (χ0n) is 10.4.